The zero-order valence-electron chi connectivity index (χ0n) is 19.0. The third kappa shape index (κ3) is 5.08. The Bertz CT molecular complexity index is 924. The summed E-state index contributed by atoms with van der Waals surface area (Å²) in [7, 11) is 0. The van der Waals surface area contributed by atoms with Crippen molar-refractivity contribution in [2.75, 3.05) is 45.8 Å². The van der Waals surface area contributed by atoms with Crippen molar-refractivity contribution in [2.24, 2.45) is 0 Å². The van der Waals surface area contributed by atoms with E-state index in [9.17, 15) is 15.0 Å². The molecule has 2 aromatic carbocycles. The van der Waals surface area contributed by atoms with Gasteiger partial charge in [0.2, 0.25) is 0 Å². The minimum absolute atomic E-state index is 0.171. The van der Waals surface area contributed by atoms with Crippen molar-refractivity contribution in [2.45, 2.75) is 38.6 Å². The van der Waals surface area contributed by atoms with E-state index in [-0.39, 0.29) is 23.0 Å². The van der Waals surface area contributed by atoms with Gasteiger partial charge in [-0.3, -0.25) is 14.6 Å². The van der Waals surface area contributed by atoms with Crippen LogP contribution in [0, 0.1) is 0 Å². The van der Waals surface area contributed by atoms with E-state index >= 15 is 0 Å². The van der Waals surface area contributed by atoms with Crippen LogP contribution in [0.1, 0.15) is 41.3 Å². The second-order valence-corrected chi connectivity index (χ2v) is 9.01. The average molecular weight is 438 g/mol. The second-order valence-electron chi connectivity index (χ2n) is 9.01. The maximum absolute atomic E-state index is 12.8. The van der Waals surface area contributed by atoms with Crippen LogP contribution < -0.4 is 0 Å². The summed E-state index contributed by atoms with van der Waals surface area (Å²) < 4.78 is 0. The van der Waals surface area contributed by atoms with Gasteiger partial charge in [-0.25, -0.2) is 0 Å². The normalized spacial score (nSPS) is 19.2. The van der Waals surface area contributed by atoms with Crippen LogP contribution in [0.2, 0.25) is 0 Å². The number of fused-ring (bicyclic) bond motifs is 1. The Hall–Kier alpha value is -2.57. The Balaban J connectivity index is 1.29. The summed E-state index contributed by atoms with van der Waals surface area (Å²) in [4.78, 5) is 19.6. The molecule has 6 nitrogen and oxygen atoms in total. The maximum Gasteiger partial charge on any atom is 0.257 e. The number of nitrogens with zero attached hydrogens (tertiary/aromatic N) is 3. The molecule has 0 radical (unpaired) electrons. The highest BCUT2D eigenvalue weighted by atomic mass is 16.3. The molecule has 0 spiro atoms. The summed E-state index contributed by atoms with van der Waals surface area (Å²) in [5, 5.41) is 19.7. The van der Waals surface area contributed by atoms with Crippen molar-refractivity contribution in [1.82, 2.24) is 14.7 Å². The highest BCUT2D eigenvalue weighted by molar-refractivity contribution is 5.97. The molecule has 0 saturated carbocycles. The number of rotatable bonds is 7. The third-order valence-electron chi connectivity index (χ3n) is 6.96. The smallest absolute Gasteiger partial charge is 0.257 e. The van der Waals surface area contributed by atoms with Crippen LogP contribution in [0.3, 0.4) is 0 Å². The summed E-state index contributed by atoms with van der Waals surface area (Å²) in [5.41, 5.74) is 3.19. The van der Waals surface area contributed by atoms with Gasteiger partial charge in [0, 0.05) is 45.3 Å². The molecule has 1 aliphatic heterocycles. The third-order valence-corrected chi connectivity index (χ3v) is 6.96. The van der Waals surface area contributed by atoms with E-state index in [4.69, 9.17) is 0 Å². The number of para-hydroxylation sites is 1. The Kier molecular flexibility index (Phi) is 7.33. The van der Waals surface area contributed by atoms with Crippen molar-refractivity contribution >= 4 is 5.91 Å². The monoisotopic (exact) mass is 437 g/mol. The first kappa shape index (κ1) is 22.6. The molecular formula is C26H35N3O3. The molecule has 2 aliphatic rings. The lowest BCUT2D eigenvalue weighted by atomic mass is 9.87. The van der Waals surface area contributed by atoms with E-state index in [0.717, 1.165) is 45.6 Å². The van der Waals surface area contributed by atoms with Crippen LogP contribution in [0.5, 0.6) is 11.5 Å². The predicted molar refractivity (Wildman–Crippen MR) is 126 cm³/mol. The van der Waals surface area contributed by atoms with Gasteiger partial charge in [0.05, 0.1) is 5.56 Å². The zero-order valence-corrected chi connectivity index (χ0v) is 19.0. The largest absolute Gasteiger partial charge is 0.504 e. The summed E-state index contributed by atoms with van der Waals surface area (Å²) in [6.07, 6.45) is 4.70. The van der Waals surface area contributed by atoms with Crippen LogP contribution in [-0.2, 0) is 12.8 Å². The number of phenolic OH excluding ortho intramolecular Hbond substituents is 2. The molecule has 1 atom stereocenters. The lowest BCUT2D eigenvalue weighted by molar-refractivity contribution is 0.0605. The van der Waals surface area contributed by atoms with Crippen LogP contribution in [-0.4, -0.2) is 82.7 Å². The van der Waals surface area contributed by atoms with Crippen LogP contribution in [0.25, 0.3) is 0 Å². The first-order valence-electron chi connectivity index (χ1n) is 11.9. The lowest BCUT2D eigenvalue weighted by Crippen LogP contribution is -2.51. The van der Waals surface area contributed by atoms with Gasteiger partial charge in [0.25, 0.3) is 5.91 Å². The predicted octanol–water partition coefficient (Wildman–Crippen LogP) is 3.13. The Morgan fingerprint density at radius 1 is 1.00 bits per heavy atom. The van der Waals surface area contributed by atoms with Crippen LogP contribution in [0.4, 0.5) is 0 Å². The molecular weight excluding hydrogens is 402 g/mol. The first-order valence-corrected chi connectivity index (χ1v) is 11.9. The number of phenols is 2. The van der Waals surface area contributed by atoms with Gasteiger partial charge in [0.1, 0.15) is 0 Å². The summed E-state index contributed by atoms with van der Waals surface area (Å²) >= 11 is 0. The lowest BCUT2D eigenvalue weighted by Gasteiger charge is -2.39. The van der Waals surface area contributed by atoms with Gasteiger partial charge in [-0.05, 0) is 55.5 Å². The Morgan fingerprint density at radius 2 is 1.75 bits per heavy atom. The van der Waals surface area contributed by atoms with Gasteiger partial charge in [-0.1, -0.05) is 37.3 Å². The summed E-state index contributed by atoms with van der Waals surface area (Å²) in [5.74, 6) is -0.799. The number of piperazine rings is 1. The fraction of sp³-hybridized carbons (Fsp3) is 0.500. The second kappa shape index (κ2) is 10.4. The molecule has 6 heteroatoms. The van der Waals surface area contributed by atoms with Crippen molar-refractivity contribution < 1.29 is 15.0 Å². The number of benzene rings is 2. The molecule has 1 fully saturated rings. The van der Waals surface area contributed by atoms with Gasteiger partial charge in [0.15, 0.2) is 11.5 Å². The first-order chi connectivity index (χ1) is 15.6. The van der Waals surface area contributed by atoms with Gasteiger partial charge < -0.3 is 15.1 Å². The fourth-order valence-corrected chi connectivity index (χ4v) is 5.07. The highest BCUT2D eigenvalue weighted by Gasteiger charge is 2.27. The number of carbonyl (C=O) groups excluding carboxylic acids is 1. The molecule has 1 aliphatic carbocycles. The number of hydrogen-bond donors (Lipinski definition) is 2. The summed E-state index contributed by atoms with van der Waals surface area (Å²) in [6, 6.07) is 14.0. The standard InChI is InChI=1S/C26H35N3O3/c1-2-12-28(22-11-10-20-6-3-4-7-21(20)19-22)16-13-27-14-17-29(18-15-27)26(32)23-8-5-9-24(30)25(23)31/h3-9,22,30-31H,2,10-19H2,1H3. The van der Waals surface area contributed by atoms with Gasteiger partial charge in [-0.15, -0.1) is 0 Å². The van der Waals surface area contributed by atoms with Gasteiger partial charge in [-0.2, -0.15) is 0 Å². The fourth-order valence-electron chi connectivity index (χ4n) is 5.07. The van der Waals surface area contributed by atoms with E-state index < -0.39 is 0 Å². The Morgan fingerprint density at radius 3 is 2.50 bits per heavy atom. The highest BCUT2D eigenvalue weighted by Crippen LogP contribution is 2.29. The zero-order chi connectivity index (χ0) is 22.5. The maximum atomic E-state index is 12.8. The quantitative estimate of drug-likeness (QED) is 0.652. The molecule has 1 heterocycles. The van der Waals surface area contributed by atoms with E-state index in [1.165, 1.54) is 30.0 Å². The molecule has 172 valence electrons. The Labute approximate surface area is 191 Å². The number of aryl methyl sites for hydroxylation is 1. The van der Waals surface area contributed by atoms with Crippen molar-refractivity contribution in [3.63, 3.8) is 0 Å². The van der Waals surface area contributed by atoms with E-state index in [1.807, 2.05) is 0 Å². The summed E-state index contributed by atoms with van der Waals surface area (Å²) in [6.45, 7) is 8.39. The van der Waals surface area contributed by atoms with Crippen LogP contribution >= 0.6 is 0 Å². The van der Waals surface area contributed by atoms with Crippen molar-refractivity contribution in [1.29, 1.82) is 0 Å². The molecule has 1 saturated heterocycles. The topological polar surface area (TPSA) is 67.2 Å². The van der Waals surface area contributed by atoms with Crippen LogP contribution in [0.15, 0.2) is 42.5 Å². The average Bonchev–Trinajstić information content (AvgIpc) is 2.83. The molecule has 1 unspecified atom stereocenters. The minimum atomic E-state index is -0.329. The number of carbonyl (C=O) groups is 1. The molecule has 4 rings (SSSR count). The molecule has 1 amide bonds. The number of aromatic hydroxyl groups is 2. The SMILES string of the molecule is CCCN(CCN1CCN(C(=O)c2cccc(O)c2O)CC1)C1CCc2ccccc2C1. The van der Waals surface area contributed by atoms with Crippen molar-refractivity contribution in [3.8, 4) is 11.5 Å². The van der Waals surface area contributed by atoms with E-state index in [2.05, 4.69) is 41.0 Å². The molecule has 0 aromatic heterocycles. The molecule has 32 heavy (non-hydrogen) atoms. The number of amides is 1. The minimum Gasteiger partial charge on any atom is -0.504 e. The molecule has 2 aromatic rings. The van der Waals surface area contributed by atoms with E-state index in [0.29, 0.717) is 19.1 Å². The number of hydrogen-bond acceptors (Lipinski definition) is 5. The molecule has 0 bridgehead atoms. The van der Waals surface area contributed by atoms with Crippen molar-refractivity contribution in [3.05, 3.63) is 59.2 Å². The van der Waals surface area contributed by atoms with E-state index in [1.54, 1.807) is 17.0 Å². The van der Waals surface area contributed by atoms with Gasteiger partial charge >= 0.3 is 0 Å². The molecule has 2 N–H and O–H groups in total.